The van der Waals surface area contributed by atoms with Gasteiger partial charge in [0, 0.05) is 31.2 Å². The molecule has 1 amide bonds. The summed E-state index contributed by atoms with van der Waals surface area (Å²) >= 11 is 1.61. The molecule has 0 bridgehead atoms. The van der Waals surface area contributed by atoms with E-state index in [2.05, 4.69) is 53.4 Å². The fourth-order valence-electron chi connectivity index (χ4n) is 3.65. The molecule has 0 aliphatic heterocycles. The molecule has 0 aromatic carbocycles. The van der Waals surface area contributed by atoms with Gasteiger partial charge in [0.25, 0.3) is 0 Å². The molecule has 0 saturated heterocycles. The maximum atomic E-state index is 12.1. The van der Waals surface area contributed by atoms with Gasteiger partial charge in [-0.3, -0.25) is 9.59 Å². The van der Waals surface area contributed by atoms with Crippen molar-refractivity contribution in [3.8, 4) is 0 Å². The monoisotopic (exact) mass is 527 g/mol. The van der Waals surface area contributed by atoms with Gasteiger partial charge in [0.05, 0.1) is 16.7 Å². The van der Waals surface area contributed by atoms with E-state index in [1.165, 1.54) is 5.57 Å². The molecule has 1 rings (SSSR count). The first kappa shape index (κ1) is 32.3. The lowest BCUT2D eigenvalue weighted by Crippen LogP contribution is -2.28. The number of esters is 1. The van der Waals surface area contributed by atoms with E-state index in [4.69, 9.17) is 9.72 Å². The Kier molecular flexibility index (Phi) is 16.1. The maximum Gasteiger partial charge on any atom is 0.306 e. The number of likely N-dealkylation sites (N-methyl/N-ethyl adjacent to an activating group) is 1. The Morgan fingerprint density at radius 1 is 1.22 bits per heavy atom. The topological polar surface area (TPSA) is 71.5 Å². The predicted octanol–water partition coefficient (Wildman–Crippen LogP) is 5.98. The molecule has 0 aliphatic carbocycles. The van der Waals surface area contributed by atoms with Crippen molar-refractivity contribution < 1.29 is 14.3 Å². The van der Waals surface area contributed by atoms with Gasteiger partial charge in [-0.15, -0.1) is 11.3 Å². The van der Waals surface area contributed by atoms with Crippen LogP contribution in [0.5, 0.6) is 0 Å². The fraction of sp³-hybridized carbons (Fsp3) is 0.500. The summed E-state index contributed by atoms with van der Waals surface area (Å²) < 4.78 is 5.50. The number of unbranched alkanes of at least 4 members (excludes halogenated alkanes) is 1. The number of carbonyl (C=O) groups excluding carboxylic acids is 2. The summed E-state index contributed by atoms with van der Waals surface area (Å²) in [5, 5.41) is 5.95. The number of thiazole rings is 1. The number of nitrogens with zero attached hydrogens (tertiary/aromatic N) is 2. The first-order chi connectivity index (χ1) is 17.6. The zero-order valence-electron chi connectivity index (χ0n) is 23.5. The minimum absolute atomic E-state index is 0.117. The number of rotatable bonds is 18. The lowest BCUT2D eigenvalue weighted by Gasteiger charge is -2.13. The van der Waals surface area contributed by atoms with E-state index in [0.29, 0.717) is 12.8 Å². The molecule has 6 nitrogen and oxygen atoms in total. The average Bonchev–Trinajstić information content (AvgIpc) is 3.26. The van der Waals surface area contributed by atoms with Gasteiger partial charge in [-0.1, -0.05) is 59.8 Å². The lowest BCUT2D eigenvalue weighted by atomic mass is 10.1. The Hall–Kier alpha value is -2.77. The molecule has 37 heavy (non-hydrogen) atoms. The maximum absolute atomic E-state index is 12.1. The van der Waals surface area contributed by atoms with E-state index in [1.807, 2.05) is 40.9 Å². The van der Waals surface area contributed by atoms with Crippen LogP contribution in [-0.4, -0.2) is 55.0 Å². The molecule has 0 saturated carbocycles. The summed E-state index contributed by atoms with van der Waals surface area (Å²) in [4.78, 5) is 30.1. The first-order valence-electron chi connectivity index (χ1n) is 12.9. The predicted molar refractivity (Wildman–Crippen MR) is 156 cm³/mol. The molecule has 1 N–H and O–H groups in total. The van der Waals surface area contributed by atoms with Crippen LogP contribution in [0.25, 0.3) is 0 Å². The van der Waals surface area contributed by atoms with Crippen LogP contribution in [0.15, 0.2) is 65.1 Å². The Balaban J connectivity index is 2.51. The van der Waals surface area contributed by atoms with Gasteiger partial charge >= 0.3 is 5.97 Å². The highest BCUT2D eigenvalue weighted by Gasteiger charge is 2.12. The summed E-state index contributed by atoms with van der Waals surface area (Å²) in [5.74, 6) is -0.153. The van der Waals surface area contributed by atoms with E-state index >= 15 is 0 Å². The number of ether oxygens (including phenoxy) is 1. The average molecular weight is 528 g/mol. The number of nitrogens with one attached hydrogen (secondary N) is 1. The van der Waals surface area contributed by atoms with Crippen LogP contribution < -0.4 is 5.32 Å². The molecular formula is C30H45N3O3S. The standard InChI is InChI=1S/C30H45N3O3S/c1-8-11-24(3)18-26(5)36-30(35)13-10-9-12-27-21-37-29(32-27)20-28(31-22-34)19-25(4)15-14-23(2)16-17-33(6)7/h8,11,14-16,19,21-22,26,28H,1,9-10,12-13,17-18,20H2,2-7H3,(H,31,34)/b15-14+,23-16+,24-11+,25-19+. The van der Waals surface area contributed by atoms with E-state index in [9.17, 15) is 9.59 Å². The molecule has 2 unspecified atom stereocenters. The second-order valence-corrected chi connectivity index (χ2v) is 10.7. The zero-order valence-corrected chi connectivity index (χ0v) is 24.3. The third kappa shape index (κ3) is 15.8. The van der Waals surface area contributed by atoms with Crippen LogP contribution in [0.1, 0.15) is 64.1 Å². The molecule has 0 fully saturated rings. The summed E-state index contributed by atoms with van der Waals surface area (Å²) in [6.07, 6.45) is 16.9. The van der Waals surface area contributed by atoms with Crippen LogP contribution in [0.3, 0.4) is 0 Å². The molecule has 7 heteroatoms. The van der Waals surface area contributed by atoms with E-state index in [1.54, 1.807) is 17.4 Å². The molecule has 0 radical (unpaired) electrons. The molecule has 1 heterocycles. The van der Waals surface area contributed by atoms with Crippen molar-refractivity contribution in [2.75, 3.05) is 20.6 Å². The molecule has 2 atom stereocenters. The second kappa shape index (κ2) is 18.5. The van der Waals surface area contributed by atoms with Crippen LogP contribution in [0.2, 0.25) is 0 Å². The number of aromatic nitrogens is 1. The number of carbonyl (C=O) groups is 2. The van der Waals surface area contributed by atoms with Crippen LogP contribution >= 0.6 is 11.3 Å². The van der Waals surface area contributed by atoms with Gasteiger partial charge in [-0.05, 0) is 61.1 Å². The van der Waals surface area contributed by atoms with Gasteiger partial charge in [0.15, 0.2) is 0 Å². The second-order valence-electron chi connectivity index (χ2n) is 9.74. The zero-order chi connectivity index (χ0) is 27.6. The molecule has 1 aromatic rings. The Morgan fingerprint density at radius 2 is 1.95 bits per heavy atom. The number of aryl methyl sites for hydroxylation is 1. The highest BCUT2D eigenvalue weighted by molar-refractivity contribution is 7.09. The molecule has 204 valence electrons. The van der Waals surface area contributed by atoms with E-state index in [0.717, 1.165) is 60.5 Å². The molecule has 1 aromatic heterocycles. The van der Waals surface area contributed by atoms with Gasteiger partial charge in [-0.2, -0.15) is 0 Å². The van der Waals surface area contributed by atoms with Crippen molar-refractivity contribution in [1.29, 1.82) is 0 Å². The van der Waals surface area contributed by atoms with Crippen molar-refractivity contribution in [3.05, 3.63) is 75.8 Å². The highest BCUT2D eigenvalue weighted by Crippen LogP contribution is 2.16. The van der Waals surface area contributed by atoms with Gasteiger partial charge in [0.1, 0.15) is 6.10 Å². The van der Waals surface area contributed by atoms with Crippen molar-refractivity contribution in [1.82, 2.24) is 15.2 Å². The largest absolute Gasteiger partial charge is 0.462 e. The number of amides is 1. The minimum Gasteiger partial charge on any atom is -0.462 e. The molecular weight excluding hydrogens is 482 g/mol. The van der Waals surface area contributed by atoms with Gasteiger partial charge < -0.3 is 15.0 Å². The number of allylic oxidation sites excluding steroid dienone is 6. The highest BCUT2D eigenvalue weighted by atomic mass is 32.1. The van der Waals surface area contributed by atoms with Crippen molar-refractivity contribution in [2.24, 2.45) is 0 Å². The van der Waals surface area contributed by atoms with Crippen molar-refractivity contribution in [3.63, 3.8) is 0 Å². The summed E-state index contributed by atoms with van der Waals surface area (Å²) in [7, 11) is 4.09. The third-order valence-corrected chi connectivity index (χ3v) is 6.46. The van der Waals surface area contributed by atoms with Crippen LogP contribution in [-0.2, 0) is 27.2 Å². The quantitative estimate of drug-likeness (QED) is 0.110. The Morgan fingerprint density at radius 3 is 2.62 bits per heavy atom. The van der Waals surface area contributed by atoms with E-state index in [-0.39, 0.29) is 18.1 Å². The normalized spacial score (nSPS) is 14.6. The lowest BCUT2D eigenvalue weighted by molar-refractivity contribution is -0.148. The van der Waals surface area contributed by atoms with Crippen molar-refractivity contribution >= 4 is 23.7 Å². The van der Waals surface area contributed by atoms with Gasteiger partial charge in [0.2, 0.25) is 6.41 Å². The number of hydrogen-bond donors (Lipinski definition) is 1. The fourth-order valence-corrected chi connectivity index (χ4v) is 4.54. The SMILES string of the molecule is C=C/C=C(\C)CC(C)OC(=O)CCCCc1csc(CC(/C=C(C)/C=C/C(C)=C/CN(C)C)NC=O)n1. The Bertz CT molecular complexity index is 972. The first-order valence-corrected chi connectivity index (χ1v) is 13.8. The smallest absolute Gasteiger partial charge is 0.306 e. The number of hydrogen-bond acceptors (Lipinski definition) is 6. The third-order valence-electron chi connectivity index (χ3n) is 5.54. The summed E-state index contributed by atoms with van der Waals surface area (Å²) in [6, 6.07) is -0.117. The van der Waals surface area contributed by atoms with E-state index < -0.39 is 0 Å². The molecule has 0 spiro atoms. The summed E-state index contributed by atoms with van der Waals surface area (Å²) in [5.41, 5.74) is 4.45. The van der Waals surface area contributed by atoms with Crippen LogP contribution in [0.4, 0.5) is 0 Å². The van der Waals surface area contributed by atoms with Crippen LogP contribution in [0, 0.1) is 0 Å². The van der Waals surface area contributed by atoms with Crippen molar-refractivity contribution in [2.45, 2.75) is 78.4 Å². The van der Waals surface area contributed by atoms with Gasteiger partial charge in [-0.25, -0.2) is 4.98 Å². The molecule has 0 aliphatic rings. The minimum atomic E-state index is -0.153. The Labute approximate surface area is 227 Å². The summed E-state index contributed by atoms with van der Waals surface area (Å²) in [6.45, 7) is 12.6.